The zero-order chi connectivity index (χ0) is 26.8. The molecule has 7 rings (SSSR count). The average molecular weight is 509 g/mol. The Hall–Kier alpha value is -4.50. The number of benzene rings is 5. The van der Waals surface area contributed by atoms with Crippen LogP contribution in [0.25, 0.3) is 43.4 Å². The maximum atomic E-state index is 5.75. The quantitative estimate of drug-likeness (QED) is 0.232. The molecular weight excluding hydrogens is 476 g/mol. The van der Waals surface area contributed by atoms with E-state index in [0.29, 0.717) is 0 Å². The highest BCUT2D eigenvalue weighted by molar-refractivity contribution is 6.21. The first kappa shape index (κ1) is 23.6. The number of hydrogen-bond acceptors (Lipinski definition) is 2. The first-order chi connectivity index (χ1) is 19.0. The highest BCUT2D eigenvalue weighted by Gasteiger charge is 2.31. The van der Waals surface area contributed by atoms with Gasteiger partial charge in [0.25, 0.3) is 0 Å². The molecular formula is C36H32N2O. The lowest BCUT2D eigenvalue weighted by Gasteiger charge is -2.29. The summed E-state index contributed by atoms with van der Waals surface area (Å²) in [4.78, 5) is 2.48. The molecule has 0 aliphatic carbocycles. The Kier molecular flexibility index (Phi) is 5.31. The Bertz CT molecular complexity index is 2020. The molecule has 0 saturated carbocycles. The lowest BCUT2D eigenvalue weighted by molar-refractivity contribution is 0.411. The average Bonchev–Trinajstić information content (AvgIpc) is 3.27. The number of aryl methyl sites for hydroxylation is 2. The van der Waals surface area contributed by atoms with E-state index >= 15 is 0 Å². The Labute approximate surface area is 229 Å². The van der Waals surface area contributed by atoms with Crippen LogP contribution in [0.15, 0.2) is 97.1 Å². The van der Waals surface area contributed by atoms with Crippen molar-refractivity contribution in [2.45, 2.75) is 33.9 Å². The number of nitrogens with zero attached hydrogens (tertiary/aromatic N) is 2. The van der Waals surface area contributed by atoms with E-state index in [0.717, 1.165) is 11.3 Å². The van der Waals surface area contributed by atoms with E-state index < -0.39 is 0 Å². The summed E-state index contributed by atoms with van der Waals surface area (Å²) in [5, 5.41) is 7.57. The Morgan fingerprint density at radius 1 is 0.538 bits per heavy atom. The Morgan fingerprint density at radius 2 is 1.08 bits per heavy atom. The van der Waals surface area contributed by atoms with E-state index in [2.05, 4.69) is 128 Å². The van der Waals surface area contributed by atoms with E-state index in [4.69, 9.17) is 4.74 Å². The lowest BCUT2D eigenvalue weighted by Crippen LogP contribution is -2.21. The van der Waals surface area contributed by atoms with Crippen molar-refractivity contribution in [1.29, 1.82) is 0 Å². The third-order valence-corrected chi connectivity index (χ3v) is 8.66. The fourth-order valence-corrected chi connectivity index (χ4v) is 6.65. The summed E-state index contributed by atoms with van der Waals surface area (Å²) < 4.78 is 8.33. The van der Waals surface area contributed by atoms with Gasteiger partial charge in [0.05, 0.1) is 23.8 Å². The normalized spacial score (nSPS) is 14.5. The van der Waals surface area contributed by atoms with E-state index in [9.17, 15) is 0 Å². The zero-order valence-electron chi connectivity index (χ0n) is 23.1. The molecule has 0 spiro atoms. The molecule has 192 valence electrons. The van der Waals surface area contributed by atoms with Crippen LogP contribution in [0.4, 0.5) is 11.4 Å². The van der Waals surface area contributed by atoms with Crippen molar-refractivity contribution in [3.63, 3.8) is 0 Å². The number of rotatable bonds is 2. The van der Waals surface area contributed by atoms with Gasteiger partial charge < -0.3 is 14.2 Å². The minimum Gasteiger partial charge on any atom is -0.496 e. The SMILES string of the molecule is COc1cccc(N2c3cccc4c5ccccc5c5ccccc5c5ccc(C)c(C)c5n(c34)[C@@H]2C)c1C. The molecule has 3 heteroatoms. The maximum Gasteiger partial charge on any atom is 0.123 e. The van der Waals surface area contributed by atoms with Crippen molar-refractivity contribution in [1.82, 2.24) is 4.57 Å². The zero-order valence-corrected chi connectivity index (χ0v) is 23.1. The number of ether oxygens (including phenoxy) is 1. The van der Waals surface area contributed by atoms with Crippen LogP contribution >= 0.6 is 0 Å². The topological polar surface area (TPSA) is 17.4 Å². The molecule has 1 aromatic heterocycles. The van der Waals surface area contributed by atoms with Crippen molar-refractivity contribution in [2.24, 2.45) is 0 Å². The van der Waals surface area contributed by atoms with Crippen molar-refractivity contribution in [3.05, 3.63) is 114 Å². The third kappa shape index (κ3) is 3.29. The van der Waals surface area contributed by atoms with Gasteiger partial charge in [-0.1, -0.05) is 78.9 Å². The molecule has 5 aromatic carbocycles. The molecule has 6 aromatic rings. The number of anilines is 2. The van der Waals surface area contributed by atoms with Gasteiger partial charge in [0, 0.05) is 22.0 Å². The molecule has 39 heavy (non-hydrogen) atoms. The maximum absolute atomic E-state index is 5.75. The third-order valence-electron chi connectivity index (χ3n) is 8.66. The van der Waals surface area contributed by atoms with Gasteiger partial charge in [-0.15, -0.1) is 0 Å². The number of aromatic nitrogens is 1. The van der Waals surface area contributed by atoms with Crippen LogP contribution in [-0.4, -0.2) is 11.7 Å². The second-order valence-electron chi connectivity index (χ2n) is 10.6. The van der Waals surface area contributed by atoms with Gasteiger partial charge in [0.15, 0.2) is 0 Å². The number of fused-ring (bicyclic) bond motifs is 7. The fourth-order valence-electron chi connectivity index (χ4n) is 6.65. The molecule has 0 amide bonds. The molecule has 0 saturated heterocycles. The van der Waals surface area contributed by atoms with E-state index in [1.54, 1.807) is 7.11 Å². The van der Waals surface area contributed by atoms with Gasteiger partial charge in [0.1, 0.15) is 11.9 Å². The molecule has 2 heterocycles. The van der Waals surface area contributed by atoms with Gasteiger partial charge in [0.2, 0.25) is 0 Å². The number of methoxy groups -OCH3 is 1. The molecule has 0 bridgehead atoms. The lowest BCUT2D eigenvalue weighted by atomic mass is 9.99. The van der Waals surface area contributed by atoms with Gasteiger partial charge >= 0.3 is 0 Å². The highest BCUT2D eigenvalue weighted by Crippen LogP contribution is 2.48. The summed E-state index contributed by atoms with van der Waals surface area (Å²) in [6.45, 7) is 8.98. The molecule has 1 aliphatic rings. The molecule has 3 nitrogen and oxygen atoms in total. The predicted molar refractivity (Wildman–Crippen MR) is 166 cm³/mol. The van der Waals surface area contributed by atoms with Gasteiger partial charge in [-0.05, 0) is 78.6 Å². The van der Waals surface area contributed by atoms with Crippen LogP contribution in [0, 0.1) is 20.8 Å². The fraction of sp³-hybridized carbons (Fsp3) is 0.167. The van der Waals surface area contributed by atoms with E-state index in [1.807, 2.05) is 6.07 Å². The first-order valence-corrected chi connectivity index (χ1v) is 13.7. The molecule has 0 radical (unpaired) electrons. The molecule has 1 aliphatic heterocycles. The Balaban J connectivity index is 1.80. The smallest absolute Gasteiger partial charge is 0.123 e. The van der Waals surface area contributed by atoms with Crippen molar-refractivity contribution in [3.8, 4) is 5.75 Å². The van der Waals surface area contributed by atoms with Crippen LogP contribution in [0.5, 0.6) is 5.75 Å². The van der Waals surface area contributed by atoms with Gasteiger partial charge in [-0.2, -0.15) is 0 Å². The molecule has 1 atom stereocenters. The molecule has 0 N–H and O–H groups in total. The summed E-state index contributed by atoms with van der Waals surface area (Å²) in [7, 11) is 1.75. The van der Waals surface area contributed by atoms with Crippen LogP contribution in [0.1, 0.15) is 29.8 Å². The van der Waals surface area contributed by atoms with Crippen molar-refractivity contribution >= 4 is 54.7 Å². The standard InChI is InChI=1S/C36H32N2O/c1-22-20-21-31-29-15-9-7-13-27(29)26-12-6-8-14-28(26)30-16-10-18-33-36(30)38(35(31)23(22)2)25(4)37(33)32-17-11-19-34(39-5)24(32)3/h6-21,25H,1-5H3/t25-/m1/s1. The van der Waals surface area contributed by atoms with E-state index in [1.165, 1.54) is 65.9 Å². The monoisotopic (exact) mass is 508 g/mol. The first-order valence-electron chi connectivity index (χ1n) is 13.7. The summed E-state index contributed by atoms with van der Waals surface area (Å²) in [5.41, 5.74) is 8.66. The van der Waals surface area contributed by atoms with Crippen LogP contribution < -0.4 is 9.64 Å². The predicted octanol–water partition coefficient (Wildman–Crippen LogP) is 9.83. The number of para-hydroxylation sites is 1. The van der Waals surface area contributed by atoms with Gasteiger partial charge in [-0.3, -0.25) is 0 Å². The second-order valence-corrected chi connectivity index (χ2v) is 10.6. The highest BCUT2D eigenvalue weighted by atomic mass is 16.5. The van der Waals surface area contributed by atoms with E-state index in [-0.39, 0.29) is 6.17 Å². The largest absolute Gasteiger partial charge is 0.496 e. The van der Waals surface area contributed by atoms with Crippen LogP contribution in [-0.2, 0) is 0 Å². The molecule has 0 fully saturated rings. The summed E-state index contributed by atoms with van der Waals surface area (Å²) in [5.74, 6) is 0.906. The minimum atomic E-state index is 0.0450. The van der Waals surface area contributed by atoms with Crippen molar-refractivity contribution in [2.75, 3.05) is 12.0 Å². The summed E-state index contributed by atoms with van der Waals surface area (Å²) >= 11 is 0. The minimum absolute atomic E-state index is 0.0450. The van der Waals surface area contributed by atoms with Crippen LogP contribution in [0.3, 0.4) is 0 Å². The molecule has 0 unspecified atom stereocenters. The van der Waals surface area contributed by atoms with Crippen molar-refractivity contribution < 1.29 is 4.74 Å². The Morgan fingerprint density at radius 3 is 1.72 bits per heavy atom. The van der Waals surface area contributed by atoms with Gasteiger partial charge in [-0.25, -0.2) is 0 Å². The number of hydrogen-bond donors (Lipinski definition) is 0. The summed E-state index contributed by atoms with van der Waals surface area (Å²) in [6.07, 6.45) is 0.0450. The second kappa shape index (κ2) is 8.78. The summed E-state index contributed by atoms with van der Waals surface area (Å²) in [6, 6.07) is 35.4. The van der Waals surface area contributed by atoms with Crippen LogP contribution in [0.2, 0.25) is 0 Å².